The molecule has 0 unspecified atom stereocenters. The molecule has 158 valence electrons. The molecule has 2 aromatic carbocycles. The van der Waals surface area contributed by atoms with Crippen LogP contribution in [-0.4, -0.2) is 47.8 Å². The van der Waals surface area contributed by atoms with Crippen LogP contribution in [-0.2, 0) is 16.0 Å². The lowest BCUT2D eigenvalue weighted by atomic mass is 10.0. The second kappa shape index (κ2) is 10.3. The minimum atomic E-state index is -0.626. The highest BCUT2D eigenvalue weighted by atomic mass is 35.5. The summed E-state index contributed by atoms with van der Waals surface area (Å²) in [5.41, 5.74) is 1.59. The molecule has 1 aliphatic heterocycles. The van der Waals surface area contributed by atoms with Crippen LogP contribution in [0, 0.1) is 0 Å². The first-order chi connectivity index (χ1) is 14.4. The topological polar surface area (TPSA) is 78.5 Å². The van der Waals surface area contributed by atoms with Crippen molar-refractivity contribution >= 4 is 29.3 Å². The van der Waals surface area contributed by atoms with Crippen molar-refractivity contribution in [1.29, 1.82) is 0 Å². The van der Waals surface area contributed by atoms with Gasteiger partial charge < -0.3 is 15.5 Å². The molecule has 0 aliphatic carbocycles. The number of halogens is 1. The highest BCUT2D eigenvalue weighted by Gasteiger charge is 2.27. The zero-order valence-corrected chi connectivity index (χ0v) is 17.7. The number of carbonyl (C=O) groups excluding carboxylic acids is 3. The summed E-state index contributed by atoms with van der Waals surface area (Å²) < 4.78 is 0. The Bertz CT molecular complexity index is 878. The number of hydrogen-bond donors (Lipinski definition) is 2. The maximum absolute atomic E-state index is 12.8. The molecule has 1 aliphatic rings. The van der Waals surface area contributed by atoms with Gasteiger partial charge in [0.1, 0.15) is 6.04 Å². The number of nitrogens with zero attached hydrogens (tertiary/aromatic N) is 1. The van der Waals surface area contributed by atoms with E-state index in [0.717, 1.165) is 5.56 Å². The average molecular weight is 428 g/mol. The van der Waals surface area contributed by atoms with Gasteiger partial charge in [0, 0.05) is 43.1 Å². The number of piperidine rings is 1. The summed E-state index contributed by atoms with van der Waals surface area (Å²) in [4.78, 5) is 38.8. The van der Waals surface area contributed by atoms with E-state index in [1.807, 2.05) is 30.3 Å². The fraction of sp³-hybridized carbons (Fsp3) is 0.348. The van der Waals surface area contributed by atoms with Crippen molar-refractivity contribution in [2.24, 2.45) is 0 Å². The van der Waals surface area contributed by atoms with E-state index in [2.05, 4.69) is 10.6 Å². The van der Waals surface area contributed by atoms with E-state index in [1.54, 1.807) is 29.2 Å². The lowest BCUT2D eigenvalue weighted by Crippen LogP contribution is -2.53. The van der Waals surface area contributed by atoms with Crippen LogP contribution in [0.5, 0.6) is 0 Å². The van der Waals surface area contributed by atoms with Crippen LogP contribution in [0.1, 0.15) is 35.7 Å². The summed E-state index contributed by atoms with van der Waals surface area (Å²) in [5.74, 6) is -0.470. The Balaban J connectivity index is 1.54. The number of nitrogens with one attached hydrogen (secondary N) is 2. The van der Waals surface area contributed by atoms with Crippen LogP contribution in [0.15, 0.2) is 54.6 Å². The van der Waals surface area contributed by atoms with Crippen LogP contribution in [0.25, 0.3) is 0 Å². The van der Waals surface area contributed by atoms with Gasteiger partial charge in [0.25, 0.3) is 5.91 Å². The smallest absolute Gasteiger partial charge is 0.253 e. The highest BCUT2D eigenvalue weighted by Crippen LogP contribution is 2.16. The van der Waals surface area contributed by atoms with E-state index >= 15 is 0 Å². The first-order valence-electron chi connectivity index (χ1n) is 10.1. The van der Waals surface area contributed by atoms with Crippen LogP contribution in [0.3, 0.4) is 0 Å². The third-order valence-electron chi connectivity index (χ3n) is 5.20. The van der Waals surface area contributed by atoms with Crippen molar-refractivity contribution in [3.8, 4) is 0 Å². The van der Waals surface area contributed by atoms with Crippen molar-refractivity contribution in [3.05, 3.63) is 70.7 Å². The molecule has 2 N–H and O–H groups in total. The van der Waals surface area contributed by atoms with Crippen molar-refractivity contribution in [1.82, 2.24) is 15.5 Å². The Morgan fingerprint density at radius 2 is 1.67 bits per heavy atom. The fourth-order valence-electron chi connectivity index (χ4n) is 3.61. The molecule has 1 atom stereocenters. The molecular weight excluding hydrogens is 402 g/mol. The van der Waals surface area contributed by atoms with Gasteiger partial charge in [-0.15, -0.1) is 0 Å². The quantitative estimate of drug-likeness (QED) is 0.744. The standard InChI is InChI=1S/C23H26ClN3O3/c1-16(28)25-21(15-17-5-3-2-4-6-17)22(29)26-20-11-13-27(14-12-20)23(30)18-7-9-19(24)10-8-18/h2-10,20-21H,11-15H2,1H3,(H,25,28)(H,26,29)/t21-/m0/s1. The maximum atomic E-state index is 12.8. The number of hydrogen-bond acceptors (Lipinski definition) is 3. The molecule has 7 heteroatoms. The van der Waals surface area contributed by atoms with Crippen LogP contribution >= 0.6 is 11.6 Å². The molecule has 0 bridgehead atoms. The molecule has 0 radical (unpaired) electrons. The summed E-state index contributed by atoms with van der Waals surface area (Å²) in [6.45, 7) is 2.54. The van der Waals surface area contributed by atoms with Gasteiger partial charge >= 0.3 is 0 Å². The van der Waals surface area contributed by atoms with Gasteiger partial charge in [-0.3, -0.25) is 14.4 Å². The highest BCUT2D eigenvalue weighted by molar-refractivity contribution is 6.30. The lowest BCUT2D eigenvalue weighted by Gasteiger charge is -2.33. The van der Waals surface area contributed by atoms with Crippen molar-refractivity contribution in [2.45, 2.75) is 38.3 Å². The number of carbonyl (C=O) groups is 3. The average Bonchev–Trinajstić information content (AvgIpc) is 2.74. The van der Waals surface area contributed by atoms with E-state index in [1.165, 1.54) is 6.92 Å². The predicted octanol–water partition coefficient (Wildman–Crippen LogP) is 2.81. The first-order valence-corrected chi connectivity index (χ1v) is 10.5. The second-order valence-electron chi connectivity index (χ2n) is 7.52. The lowest BCUT2D eigenvalue weighted by molar-refractivity contribution is -0.128. The molecule has 3 amide bonds. The van der Waals surface area contributed by atoms with Gasteiger partial charge in [-0.1, -0.05) is 41.9 Å². The Morgan fingerprint density at radius 1 is 1.03 bits per heavy atom. The Kier molecular flexibility index (Phi) is 7.46. The van der Waals surface area contributed by atoms with Gasteiger partial charge in [-0.05, 0) is 42.7 Å². The summed E-state index contributed by atoms with van der Waals surface area (Å²) >= 11 is 5.89. The number of likely N-dealkylation sites (tertiary alicyclic amines) is 1. The normalized spacial score (nSPS) is 15.3. The van der Waals surface area contributed by atoms with Crippen LogP contribution < -0.4 is 10.6 Å². The molecule has 0 spiro atoms. The van der Waals surface area contributed by atoms with Crippen LogP contribution in [0.4, 0.5) is 0 Å². The van der Waals surface area contributed by atoms with Crippen LogP contribution in [0.2, 0.25) is 5.02 Å². The SMILES string of the molecule is CC(=O)N[C@@H](Cc1ccccc1)C(=O)NC1CCN(C(=O)c2ccc(Cl)cc2)CC1. The molecule has 3 rings (SSSR count). The third kappa shape index (κ3) is 6.07. The van der Waals surface area contributed by atoms with Gasteiger partial charge in [0.2, 0.25) is 11.8 Å². The minimum Gasteiger partial charge on any atom is -0.351 e. The predicted molar refractivity (Wildman–Crippen MR) is 116 cm³/mol. The molecule has 1 heterocycles. The molecule has 0 aromatic heterocycles. The largest absolute Gasteiger partial charge is 0.351 e. The summed E-state index contributed by atoms with van der Waals surface area (Å²) in [6, 6.07) is 15.8. The van der Waals surface area contributed by atoms with Crippen molar-refractivity contribution in [2.75, 3.05) is 13.1 Å². The summed E-state index contributed by atoms with van der Waals surface area (Å²) in [5, 5.41) is 6.38. The molecule has 30 heavy (non-hydrogen) atoms. The number of rotatable bonds is 6. The van der Waals surface area contributed by atoms with Gasteiger partial charge in [0.05, 0.1) is 0 Å². The number of benzene rings is 2. The molecule has 0 saturated carbocycles. The molecule has 6 nitrogen and oxygen atoms in total. The first kappa shape index (κ1) is 21.8. The van der Waals surface area contributed by atoms with Gasteiger partial charge in [-0.2, -0.15) is 0 Å². The molecule has 1 fully saturated rings. The summed E-state index contributed by atoms with van der Waals surface area (Å²) in [7, 11) is 0. The minimum absolute atomic E-state index is 0.0289. The Morgan fingerprint density at radius 3 is 2.27 bits per heavy atom. The van der Waals surface area contributed by atoms with E-state index in [9.17, 15) is 14.4 Å². The van der Waals surface area contributed by atoms with Crippen molar-refractivity contribution in [3.63, 3.8) is 0 Å². The molecule has 1 saturated heterocycles. The van der Waals surface area contributed by atoms with E-state index < -0.39 is 6.04 Å². The monoisotopic (exact) mass is 427 g/mol. The van der Waals surface area contributed by atoms with Crippen molar-refractivity contribution < 1.29 is 14.4 Å². The molecule has 2 aromatic rings. The van der Waals surface area contributed by atoms with E-state index in [4.69, 9.17) is 11.6 Å². The third-order valence-corrected chi connectivity index (χ3v) is 5.45. The summed E-state index contributed by atoms with van der Waals surface area (Å²) in [6.07, 6.45) is 1.77. The molecular formula is C23H26ClN3O3. The number of amides is 3. The second-order valence-corrected chi connectivity index (χ2v) is 7.96. The van der Waals surface area contributed by atoms with E-state index in [-0.39, 0.29) is 23.8 Å². The Hall–Kier alpha value is -2.86. The van der Waals surface area contributed by atoms with Gasteiger partial charge in [0.15, 0.2) is 0 Å². The Labute approximate surface area is 181 Å². The van der Waals surface area contributed by atoms with Gasteiger partial charge in [-0.25, -0.2) is 0 Å². The maximum Gasteiger partial charge on any atom is 0.253 e. The zero-order valence-electron chi connectivity index (χ0n) is 16.9. The fourth-order valence-corrected chi connectivity index (χ4v) is 3.73. The van der Waals surface area contributed by atoms with E-state index in [0.29, 0.717) is 42.9 Å². The zero-order chi connectivity index (χ0) is 21.5.